The van der Waals surface area contributed by atoms with E-state index in [4.69, 9.17) is 0 Å². The molecule has 0 bridgehead atoms. The number of amides is 1. The lowest BCUT2D eigenvalue weighted by atomic mass is 9.85. The predicted molar refractivity (Wildman–Crippen MR) is 91.9 cm³/mol. The van der Waals surface area contributed by atoms with Crippen LogP contribution in [0.3, 0.4) is 0 Å². The van der Waals surface area contributed by atoms with Gasteiger partial charge >= 0.3 is 5.97 Å². The summed E-state index contributed by atoms with van der Waals surface area (Å²) in [7, 11) is 0. The van der Waals surface area contributed by atoms with Gasteiger partial charge in [-0.3, -0.25) is 14.5 Å². The van der Waals surface area contributed by atoms with E-state index in [1.807, 2.05) is 9.80 Å². The van der Waals surface area contributed by atoms with Crippen LogP contribution in [0.4, 0.5) is 0 Å². The lowest BCUT2D eigenvalue weighted by Gasteiger charge is -2.35. The van der Waals surface area contributed by atoms with Gasteiger partial charge in [-0.25, -0.2) is 0 Å². The van der Waals surface area contributed by atoms with Gasteiger partial charge in [-0.05, 0) is 48.6 Å². The zero-order valence-corrected chi connectivity index (χ0v) is 14.6. The van der Waals surface area contributed by atoms with Gasteiger partial charge in [-0.15, -0.1) is 11.3 Å². The molecule has 0 aromatic carbocycles. The van der Waals surface area contributed by atoms with Crippen molar-refractivity contribution in [2.75, 3.05) is 13.1 Å². The zero-order valence-electron chi connectivity index (χ0n) is 13.8. The Balaban J connectivity index is 1.46. The maximum atomic E-state index is 12.8. The number of rotatable bonds is 3. The summed E-state index contributed by atoms with van der Waals surface area (Å²) >= 11 is 1.77. The molecule has 0 radical (unpaired) electrons. The minimum atomic E-state index is -0.768. The highest BCUT2D eigenvalue weighted by Gasteiger charge is 2.46. The second-order valence-corrected chi connectivity index (χ2v) is 8.31. The molecule has 1 amide bonds. The van der Waals surface area contributed by atoms with Crippen molar-refractivity contribution in [1.29, 1.82) is 0 Å². The SMILES string of the molecule is O=C(O)[C@@H]1C[C@@H]2CCCC[C@@H]2N1CC(=O)N1CCc2sccc2C1. The summed E-state index contributed by atoms with van der Waals surface area (Å²) in [5, 5.41) is 11.7. The smallest absolute Gasteiger partial charge is 0.320 e. The summed E-state index contributed by atoms with van der Waals surface area (Å²) < 4.78 is 0. The molecular weight excluding hydrogens is 324 g/mol. The maximum Gasteiger partial charge on any atom is 0.320 e. The van der Waals surface area contributed by atoms with Crippen LogP contribution in [-0.2, 0) is 22.6 Å². The Hall–Kier alpha value is -1.40. The highest BCUT2D eigenvalue weighted by Crippen LogP contribution is 2.39. The van der Waals surface area contributed by atoms with Gasteiger partial charge in [0, 0.05) is 24.0 Å². The number of thiophene rings is 1. The molecule has 1 aliphatic carbocycles. The second-order valence-electron chi connectivity index (χ2n) is 7.31. The van der Waals surface area contributed by atoms with Crippen LogP contribution in [0.5, 0.6) is 0 Å². The number of carbonyl (C=O) groups is 2. The average molecular weight is 348 g/mol. The zero-order chi connectivity index (χ0) is 16.7. The summed E-state index contributed by atoms with van der Waals surface area (Å²) in [6.45, 7) is 1.70. The van der Waals surface area contributed by atoms with E-state index in [9.17, 15) is 14.7 Å². The number of aliphatic carboxylic acids is 1. The molecule has 1 saturated carbocycles. The topological polar surface area (TPSA) is 60.9 Å². The van der Waals surface area contributed by atoms with Crippen molar-refractivity contribution in [3.8, 4) is 0 Å². The van der Waals surface area contributed by atoms with Crippen LogP contribution in [0.25, 0.3) is 0 Å². The Morgan fingerprint density at radius 2 is 2.12 bits per heavy atom. The first-order chi connectivity index (χ1) is 11.6. The minimum absolute atomic E-state index is 0.0873. The number of carboxylic acids is 1. The fourth-order valence-corrected chi connectivity index (χ4v) is 5.63. The van der Waals surface area contributed by atoms with Gasteiger partial charge in [0.2, 0.25) is 5.91 Å². The molecule has 1 N–H and O–H groups in total. The summed E-state index contributed by atoms with van der Waals surface area (Å²) in [6.07, 6.45) is 6.13. The Kier molecular flexibility index (Phi) is 4.35. The third-order valence-corrected chi connectivity index (χ3v) is 7.01. The van der Waals surface area contributed by atoms with Gasteiger partial charge < -0.3 is 10.0 Å². The predicted octanol–water partition coefficient (Wildman–Crippen LogP) is 2.35. The summed E-state index contributed by atoms with van der Waals surface area (Å²) in [5.41, 5.74) is 1.26. The van der Waals surface area contributed by atoms with E-state index in [1.54, 1.807) is 11.3 Å². The lowest BCUT2D eigenvalue weighted by Crippen LogP contribution is -2.49. The number of carboxylic acid groups (broad SMARTS) is 1. The van der Waals surface area contributed by atoms with Crippen LogP contribution in [0.2, 0.25) is 0 Å². The summed E-state index contributed by atoms with van der Waals surface area (Å²) in [4.78, 5) is 29.8. The van der Waals surface area contributed by atoms with Crippen molar-refractivity contribution in [1.82, 2.24) is 9.80 Å². The van der Waals surface area contributed by atoms with Crippen LogP contribution < -0.4 is 0 Å². The number of nitrogens with zero attached hydrogens (tertiary/aromatic N) is 2. The first-order valence-corrected chi connectivity index (χ1v) is 9.83. The molecule has 130 valence electrons. The molecule has 2 fully saturated rings. The van der Waals surface area contributed by atoms with Crippen LogP contribution in [0.1, 0.15) is 42.5 Å². The molecular formula is C18H24N2O3S. The van der Waals surface area contributed by atoms with Crippen molar-refractivity contribution in [3.63, 3.8) is 0 Å². The van der Waals surface area contributed by atoms with Gasteiger partial charge in [0.25, 0.3) is 0 Å². The molecule has 3 aliphatic rings. The van der Waals surface area contributed by atoms with E-state index in [2.05, 4.69) is 11.4 Å². The van der Waals surface area contributed by atoms with Crippen molar-refractivity contribution < 1.29 is 14.7 Å². The minimum Gasteiger partial charge on any atom is -0.480 e. The molecule has 1 aromatic heterocycles. The Labute approximate surface area is 146 Å². The fourth-order valence-electron chi connectivity index (χ4n) is 4.74. The Bertz CT molecular complexity index is 644. The number of carbonyl (C=O) groups excluding carboxylic acids is 1. The quantitative estimate of drug-likeness (QED) is 0.911. The summed E-state index contributed by atoms with van der Waals surface area (Å²) in [5.74, 6) is -0.224. The first-order valence-electron chi connectivity index (χ1n) is 8.95. The van der Waals surface area contributed by atoms with Crippen LogP contribution in [0, 0.1) is 5.92 Å². The van der Waals surface area contributed by atoms with Gasteiger partial charge in [-0.1, -0.05) is 12.8 Å². The fraction of sp³-hybridized carbons (Fsp3) is 0.667. The molecule has 24 heavy (non-hydrogen) atoms. The van der Waals surface area contributed by atoms with E-state index in [0.717, 1.165) is 32.2 Å². The molecule has 5 nitrogen and oxygen atoms in total. The molecule has 3 atom stereocenters. The number of hydrogen-bond donors (Lipinski definition) is 1. The van der Waals surface area contributed by atoms with Crippen molar-refractivity contribution in [2.24, 2.45) is 5.92 Å². The highest BCUT2D eigenvalue weighted by atomic mass is 32.1. The standard InChI is InChI=1S/C18H24N2O3S/c21-17(19-7-5-16-13(10-19)6-8-24-16)11-20-14-4-2-1-3-12(14)9-15(20)18(22)23/h6,8,12,14-15H,1-5,7,9-11H2,(H,22,23)/t12-,14-,15-/m0/s1. The van der Waals surface area contributed by atoms with Crippen LogP contribution >= 0.6 is 11.3 Å². The maximum absolute atomic E-state index is 12.8. The van der Waals surface area contributed by atoms with E-state index < -0.39 is 12.0 Å². The van der Waals surface area contributed by atoms with Crippen molar-refractivity contribution in [3.05, 3.63) is 21.9 Å². The van der Waals surface area contributed by atoms with Gasteiger partial charge in [0.1, 0.15) is 6.04 Å². The Morgan fingerprint density at radius 3 is 2.96 bits per heavy atom. The summed E-state index contributed by atoms with van der Waals surface area (Å²) in [6, 6.07) is 1.90. The van der Waals surface area contributed by atoms with E-state index >= 15 is 0 Å². The van der Waals surface area contributed by atoms with E-state index in [-0.39, 0.29) is 18.5 Å². The molecule has 1 saturated heterocycles. The van der Waals surface area contributed by atoms with Crippen molar-refractivity contribution >= 4 is 23.2 Å². The van der Waals surface area contributed by atoms with Crippen LogP contribution in [-0.4, -0.2) is 52.0 Å². The van der Waals surface area contributed by atoms with Gasteiger partial charge in [-0.2, -0.15) is 0 Å². The van der Waals surface area contributed by atoms with Crippen molar-refractivity contribution in [2.45, 2.75) is 57.2 Å². The Morgan fingerprint density at radius 1 is 1.29 bits per heavy atom. The largest absolute Gasteiger partial charge is 0.480 e. The molecule has 3 heterocycles. The average Bonchev–Trinajstić information content (AvgIpc) is 3.19. The highest BCUT2D eigenvalue weighted by molar-refractivity contribution is 7.10. The molecule has 2 aliphatic heterocycles. The molecule has 0 unspecified atom stereocenters. The monoisotopic (exact) mass is 348 g/mol. The van der Waals surface area contributed by atoms with E-state index in [1.165, 1.54) is 16.9 Å². The van der Waals surface area contributed by atoms with E-state index in [0.29, 0.717) is 18.9 Å². The molecule has 1 aromatic rings. The van der Waals surface area contributed by atoms with Crippen LogP contribution in [0.15, 0.2) is 11.4 Å². The van der Waals surface area contributed by atoms with Gasteiger partial charge in [0.15, 0.2) is 0 Å². The third-order valence-electron chi connectivity index (χ3n) is 5.98. The molecule has 6 heteroatoms. The lowest BCUT2D eigenvalue weighted by molar-refractivity contribution is -0.144. The normalized spacial score (nSPS) is 30.0. The number of hydrogen-bond acceptors (Lipinski definition) is 4. The van der Waals surface area contributed by atoms with Gasteiger partial charge in [0.05, 0.1) is 6.54 Å². The molecule has 0 spiro atoms. The first kappa shape index (κ1) is 16.1. The molecule has 4 rings (SSSR count). The number of likely N-dealkylation sites (tertiary alicyclic amines) is 1. The third kappa shape index (κ3) is 2.86. The number of fused-ring (bicyclic) bond motifs is 2. The second kappa shape index (κ2) is 6.48.